The molecule has 4 aromatic carbocycles. The second-order valence-corrected chi connectivity index (χ2v) is 23.1. The Bertz CT molecular complexity index is 2970. The maximum Gasteiger partial charge on any atom is 0.330 e. The molecule has 17 nitrogen and oxygen atoms in total. The number of nitrogens with two attached hydrogens (primary N) is 1. The topological polar surface area (TPSA) is 209 Å². The molecular weight excluding hydrogens is 1120 g/mol. The van der Waals surface area contributed by atoms with E-state index >= 15 is 0 Å². The first kappa shape index (κ1) is 66.5. The van der Waals surface area contributed by atoms with Crippen molar-refractivity contribution >= 4 is 62.6 Å². The monoisotopic (exact) mass is 1210 g/mol. The summed E-state index contributed by atoms with van der Waals surface area (Å²) in [5.74, 6) is 3.13. The molecule has 0 radical (unpaired) electrons. The average Bonchev–Trinajstić information content (AvgIpc) is 3.36. The van der Waals surface area contributed by atoms with Gasteiger partial charge in [0.1, 0.15) is 40.3 Å². The van der Waals surface area contributed by atoms with Crippen LogP contribution in [0.5, 0.6) is 34.5 Å². The molecule has 0 atom stereocenters. The first-order chi connectivity index (χ1) is 42.5. The molecule has 466 valence electrons. The lowest BCUT2D eigenvalue weighted by molar-refractivity contribution is -0.141. The fourth-order valence-corrected chi connectivity index (χ4v) is 11.2. The molecule has 0 spiro atoms. The van der Waals surface area contributed by atoms with E-state index in [0.717, 1.165) is 124 Å². The molecule has 0 bridgehead atoms. The van der Waals surface area contributed by atoms with Gasteiger partial charge in [0.05, 0.1) is 67.9 Å². The number of hydrogen-bond donors (Lipinski definition) is 1. The van der Waals surface area contributed by atoms with Crippen LogP contribution in [0.4, 0.5) is 5.13 Å². The first-order valence-corrected chi connectivity index (χ1v) is 31.8. The summed E-state index contributed by atoms with van der Waals surface area (Å²) < 4.78 is 47.7. The summed E-state index contributed by atoms with van der Waals surface area (Å²) in [6.45, 7) is 14.7. The normalized spacial score (nSPS) is 16.8. The highest BCUT2D eigenvalue weighted by atomic mass is 32.1. The Morgan fingerprint density at radius 2 is 1.05 bits per heavy atom. The van der Waals surface area contributed by atoms with Crippen molar-refractivity contribution in [3.8, 4) is 34.5 Å². The zero-order valence-electron chi connectivity index (χ0n) is 50.4. The van der Waals surface area contributed by atoms with Crippen molar-refractivity contribution in [3.05, 3.63) is 135 Å². The van der Waals surface area contributed by atoms with E-state index in [0.29, 0.717) is 119 Å². The van der Waals surface area contributed by atoms with Crippen molar-refractivity contribution < 1.29 is 57.1 Å². The smallest absolute Gasteiger partial charge is 0.330 e. The minimum absolute atomic E-state index is 0.192. The average molecular weight is 1210 g/mol. The number of unbranched alkanes of at least 4 members (excludes halogenated alkanes) is 9. The summed E-state index contributed by atoms with van der Waals surface area (Å²) in [7, 11) is 0. The summed E-state index contributed by atoms with van der Waals surface area (Å²) in [5.41, 5.74) is 7.52. The van der Waals surface area contributed by atoms with Crippen LogP contribution in [-0.4, -0.2) is 93.6 Å². The third kappa shape index (κ3) is 24.0. The van der Waals surface area contributed by atoms with E-state index in [4.69, 9.17) is 53.7 Å². The molecule has 5 aromatic rings. The van der Waals surface area contributed by atoms with E-state index in [1.165, 1.54) is 12.2 Å². The number of carbonyl (C=O) groups excluding carboxylic acids is 4. The second kappa shape index (κ2) is 37.5. The Kier molecular flexibility index (Phi) is 28.7. The quantitative estimate of drug-likeness (QED) is 0.00738. The highest BCUT2D eigenvalue weighted by Gasteiger charge is 2.30. The molecule has 0 amide bonds. The lowest BCUT2D eigenvalue weighted by Gasteiger charge is -2.28. The predicted octanol–water partition coefficient (Wildman–Crippen LogP) is 14.2. The number of esters is 4. The summed E-state index contributed by atoms with van der Waals surface area (Å²) in [6.07, 6.45) is 22.9. The van der Waals surface area contributed by atoms with Crippen molar-refractivity contribution in [1.82, 2.24) is 4.98 Å². The molecule has 0 aliphatic heterocycles. The molecule has 7 rings (SSSR count). The number of benzene rings is 4. The van der Waals surface area contributed by atoms with Gasteiger partial charge < -0.3 is 43.6 Å². The van der Waals surface area contributed by atoms with Crippen molar-refractivity contribution in [2.75, 3.05) is 57.7 Å². The van der Waals surface area contributed by atoms with E-state index in [2.05, 4.69) is 30.8 Å². The van der Waals surface area contributed by atoms with Crippen LogP contribution in [0.2, 0.25) is 0 Å². The number of fused-ring (bicyclic) bond motifs is 1. The summed E-state index contributed by atoms with van der Waals surface area (Å²) >= 11 is 1.61. The molecule has 2 N–H and O–H groups in total. The van der Waals surface area contributed by atoms with Crippen LogP contribution in [0.25, 0.3) is 10.2 Å². The third-order valence-electron chi connectivity index (χ3n) is 15.4. The molecule has 18 heteroatoms. The SMILES string of the molecule is C=CC(=O)OCCCCCCOc1ccc(OC(=O)C2CCC(COc3ccc(OCC4CCC(C(=O)Oc5ccc(OCCCCCCOC(=O)C=C)cc5)CC4)c(/C=N/N(CCCCCCN=C(N)C=C)c4nc5ccccc5s4)c3)CC2)cc1. The number of hydrazone groups is 1. The number of aliphatic imine (C=N–C) groups is 1. The predicted molar refractivity (Wildman–Crippen MR) is 342 cm³/mol. The van der Waals surface area contributed by atoms with Crippen LogP contribution in [0.1, 0.15) is 134 Å². The summed E-state index contributed by atoms with van der Waals surface area (Å²) in [4.78, 5) is 58.4. The van der Waals surface area contributed by atoms with Crippen LogP contribution in [0.15, 0.2) is 139 Å². The van der Waals surface area contributed by atoms with Crippen LogP contribution < -0.4 is 39.2 Å². The standard InChI is InChI=1S/C69H87N5O12S/c1-4-64(70)71-41-15-7-8-16-42-74(69-73-61-21-13-14-22-63(61)87-69)72-48-55-47-60(83-49-51-23-27-53(28-24-51)67(77)85-58-35-31-56(32-36-58)79-43-17-9-11-19-45-81-65(75)5-2)39-40-62(55)84-50-52-25-29-54(30-26-52)68(78)86-59-37-33-57(34-38-59)80-44-18-10-12-20-46-82-66(76)6-3/h4-6,13-14,21-22,31-40,47-48,51-54H,1-3,7-12,15-20,23-30,41-46,49-50H2,(H2,70,71)/b72-48+. The van der Waals surface area contributed by atoms with Crippen LogP contribution in [0, 0.1) is 23.7 Å². The largest absolute Gasteiger partial charge is 0.494 e. The molecule has 0 saturated heterocycles. The Balaban J connectivity index is 0.903. The zero-order valence-corrected chi connectivity index (χ0v) is 51.2. The Hall–Kier alpha value is -7.99. The van der Waals surface area contributed by atoms with Gasteiger partial charge in [-0.3, -0.25) is 14.6 Å². The third-order valence-corrected chi connectivity index (χ3v) is 16.5. The van der Waals surface area contributed by atoms with Crippen LogP contribution >= 0.6 is 11.3 Å². The minimum atomic E-state index is -0.397. The highest BCUT2D eigenvalue weighted by Crippen LogP contribution is 2.35. The first-order valence-electron chi connectivity index (χ1n) is 31.0. The van der Waals surface area contributed by atoms with E-state index in [9.17, 15) is 19.2 Å². The van der Waals surface area contributed by atoms with Gasteiger partial charge in [0.25, 0.3) is 0 Å². The van der Waals surface area contributed by atoms with Crippen LogP contribution in [-0.2, 0) is 28.7 Å². The number of rotatable bonds is 39. The van der Waals surface area contributed by atoms with Gasteiger partial charge in [0.15, 0.2) is 0 Å². The lowest BCUT2D eigenvalue weighted by atomic mass is 9.82. The highest BCUT2D eigenvalue weighted by molar-refractivity contribution is 7.22. The van der Waals surface area contributed by atoms with Crippen molar-refractivity contribution in [2.45, 2.75) is 128 Å². The molecule has 2 saturated carbocycles. The number of para-hydroxylation sites is 1. The molecule has 2 fully saturated rings. The van der Waals surface area contributed by atoms with Crippen molar-refractivity contribution in [1.29, 1.82) is 0 Å². The number of amidine groups is 1. The van der Waals surface area contributed by atoms with E-state index in [1.54, 1.807) is 41.7 Å². The van der Waals surface area contributed by atoms with Crippen LogP contribution in [0.3, 0.4) is 0 Å². The number of nitrogens with zero attached hydrogens (tertiary/aromatic N) is 4. The maximum absolute atomic E-state index is 13.4. The molecule has 2 aliphatic rings. The molecule has 0 unspecified atom stereocenters. The molecule has 87 heavy (non-hydrogen) atoms. The van der Waals surface area contributed by atoms with Gasteiger partial charge >= 0.3 is 23.9 Å². The number of thiazole rings is 1. The van der Waals surface area contributed by atoms with E-state index in [1.807, 2.05) is 71.9 Å². The minimum Gasteiger partial charge on any atom is -0.494 e. The number of anilines is 1. The summed E-state index contributed by atoms with van der Waals surface area (Å²) in [6, 6.07) is 28.4. The van der Waals surface area contributed by atoms with Crippen molar-refractivity contribution in [3.63, 3.8) is 0 Å². The Morgan fingerprint density at radius 1 is 0.552 bits per heavy atom. The van der Waals surface area contributed by atoms with Gasteiger partial charge in [0, 0.05) is 30.8 Å². The zero-order chi connectivity index (χ0) is 61.3. The Morgan fingerprint density at radius 3 is 1.59 bits per heavy atom. The second-order valence-electron chi connectivity index (χ2n) is 22.1. The number of carbonyl (C=O) groups is 4. The van der Waals surface area contributed by atoms with Gasteiger partial charge in [-0.15, -0.1) is 0 Å². The fraction of sp³-hybridized carbons (Fsp3) is 0.464. The lowest BCUT2D eigenvalue weighted by Crippen LogP contribution is -2.28. The number of ether oxygens (including phenoxy) is 8. The van der Waals surface area contributed by atoms with Gasteiger partial charge in [-0.2, -0.15) is 5.10 Å². The van der Waals surface area contributed by atoms with E-state index < -0.39 is 11.9 Å². The van der Waals surface area contributed by atoms with Crippen molar-refractivity contribution in [2.24, 2.45) is 39.5 Å². The van der Waals surface area contributed by atoms with Gasteiger partial charge in [-0.25, -0.2) is 19.6 Å². The molecule has 1 heterocycles. The van der Waals surface area contributed by atoms with E-state index in [-0.39, 0.29) is 35.6 Å². The number of aromatic nitrogens is 1. The summed E-state index contributed by atoms with van der Waals surface area (Å²) in [5, 5.41) is 7.89. The van der Waals surface area contributed by atoms with Gasteiger partial charge in [-0.05, 0) is 212 Å². The number of hydrogen-bond acceptors (Lipinski definition) is 17. The Labute approximate surface area is 517 Å². The maximum atomic E-state index is 13.4. The van der Waals surface area contributed by atoms with Gasteiger partial charge in [0.2, 0.25) is 5.13 Å². The molecule has 2 aliphatic carbocycles. The molecule has 1 aromatic heterocycles. The molecular formula is C69H87N5O12S. The van der Waals surface area contributed by atoms with Gasteiger partial charge in [-0.1, -0.05) is 56.0 Å². The fourth-order valence-electron chi connectivity index (χ4n) is 10.3.